The second-order valence-corrected chi connectivity index (χ2v) is 6.72. The van der Waals surface area contributed by atoms with Gasteiger partial charge in [-0.3, -0.25) is 15.0 Å². The Labute approximate surface area is 103 Å². The van der Waals surface area contributed by atoms with Crippen molar-refractivity contribution in [3.05, 3.63) is 23.3 Å². The minimum Gasteiger partial charge on any atom is -0.280 e. The van der Waals surface area contributed by atoms with Crippen molar-refractivity contribution in [1.29, 1.82) is 0 Å². The van der Waals surface area contributed by atoms with Gasteiger partial charge >= 0.3 is 0 Å². The van der Waals surface area contributed by atoms with Gasteiger partial charge in [0, 0.05) is 17.0 Å². The van der Waals surface area contributed by atoms with Crippen LogP contribution in [0.25, 0.3) is 0 Å². The summed E-state index contributed by atoms with van der Waals surface area (Å²) in [6, 6.07) is 0. The van der Waals surface area contributed by atoms with Crippen LogP contribution in [0.2, 0.25) is 0 Å². The summed E-state index contributed by atoms with van der Waals surface area (Å²) in [7, 11) is 0. The molecule has 0 fully saturated rings. The Morgan fingerprint density at radius 3 is 2.18 bits per heavy atom. The number of aromatic nitrogens is 2. The van der Waals surface area contributed by atoms with Gasteiger partial charge in [0.2, 0.25) is 0 Å². The molecule has 0 bridgehead atoms. The van der Waals surface area contributed by atoms with Crippen LogP contribution in [0.1, 0.15) is 58.6 Å². The number of hydrogen-bond acceptors (Lipinski definition) is 3. The summed E-state index contributed by atoms with van der Waals surface area (Å²) in [5.74, 6) is 0. The fraction of sp³-hybridized carbons (Fsp3) is 0.643. The molecule has 0 aliphatic carbocycles. The van der Waals surface area contributed by atoms with E-state index in [2.05, 4.69) is 51.5 Å². The van der Waals surface area contributed by atoms with E-state index in [0.29, 0.717) is 6.54 Å². The Morgan fingerprint density at radius 2 is 1.65 bits per heavy atom. The van der Waals surface area contributed by atoms with Crippen LogP contribution in [-0.2, 0) is 12.0 Å². The van der Waals surface area contributed by atoms with Crippen molar-refractivity contribution in [3.8, 4) is 0 Å². The van der Waals surface area contributed by atoms with E-state index >= 15 is 0 Å². The van der Waals surface area contributed by atoms with Crippen LogP contribution in [0.4, 0.5) is 0 Å². The summed E-state index contributed by atoms with van der Waals surface area (Å²) < 4.78 is 0. The van der Waals surface area contributed by atoms with Crippen molar-refractivity contribution >= 4 is 5.71 Å². The molecule has 0 N–H and O–H groups in total. The van der Waals surface area contributed by atoms with Gasteiger partial charge in [-0.15, -0.1) is 0 Å². The third kappa shape index (κ3) is 2.24. The molecule has 3 nitrogen and oxygen atoms in total. The molecule has 0 amide bonds. The van der Waals surface area contributed by atoms with E-state index in [1.807, 2.05) is 6.20 Å². The van der Waals surface area contributed by atoms with E-state index in [4.69, 9.17) is 4.98 Å². The molecule has 0 atom stereocenters. The second kappa shape index (κ2) is 3.62. The van der Waals surface area contributed by atoms with Crippen molar-refractivity contribution in [2.24, 2.45) is 10.4 Å². The van der Waals surface area contributed by atoms with E-state index in [1.165, 1.54) is 0 Å². The fourth-order valence-electron chi connectivity index (χ4n) is 1.92. The van der Waals surface area contributed by atoms with Gasteiger partial charge in [-0.05, 0) is 0 Å². The standard InChI is InChI=1S/C14H21N3/c1-13(2,3)10-8-15-11-9(17-10)7-16-12(11)14(4,5)6/h8H,7H2,1-6H3. The summed E-state index contributed by atoms with van der Waals surface area (Å²) in [6.45, 7) is 13.7. The number of rotatable bonds is 0. The van der Waals surface area contributed by atoms with Crippen LogP contribution in [0, 0.1) is 5.41 Å². The van der Waals surface area contributed by atoms with Crippen molar-refractivity contribution in [2.45, 2.75) is 53.5 Å². The van der Waals surface area contributed by atoms with Gasteiger partial charge < -0.3 is 0 Å². The number of nitrogens with zero attached hydrogens (tertiary/aromatic N) is 3. The van der Waals surface area contributed by atoms with Gasteiger partial charge in [0.05, 0.1) is 23.6 Å². The van der Waals surface area contributed by atoms with E-state index in [9.17, 15) is 0 Å². The molecule has 0 unspecified atom stereocenters. The highest BCUT2D eigenvalue weighted by Crippen LogP contribution is 2.29. The molecule has 1 aromatic heterocycles. The first-order valence-corrected chi connectivity index (χ1v) is 6.11. The highest BCUT2D eigenvalue weighted by atomic mass is 14.9. The average Bonchev–Trinajstić information content (AvgIpc) is 2.57. The summed E-state index contributed by atoms with van der Waals surface area (Å²) >= 11 is 0. The van der Waals surface area contributed by atoms with Crippen LogP contribution >= 0.6 is 0 Å². The zero-order valence-electron chi connectivity index (χ0n) is 11.6. The van der Waals surface area contributed by atoms with Crippen molar-refractivity contribution in [1.82, 2.24) is 9.97 Å². The highest BCUT2D eigenvalue weighted by molar-refractivity contribution is 6.05. The van der Waals surface area contributed by atoms with Gasteiger partial charge in [0.1, 0.15) is 5.69 Å². The highest BCUT2D eigenvalue weighted by Gasteiger charge is 2.29. The quantitative estimate of drug-likeness (QED) is 0.688. The number of fused-ring (bicyclic) bond motifs is 1. The van der Waals surface area contributed by atoms with Gasteiger partial charge in [-0.2, -0.15) is 0 Å². The first kappa shape index (κ1) is 12.2. The molecule has 0 saturated carbocycles. The molecule has 0 saturated heterocycles. The smallest absolute Gasteiger partial charge is 0.108 e. The lowest BCUT2D eigenvalue weighted by molar-refractivity contribution is 0.561. The molecule has 3 heteroatoms. The Hall–Kier alpha value is -1.25. The Morgan fingerprint density at radius 1 is 1.00 bits per heavy atom. The van der Waals surface area contributed by atoms with E-state index in [-0.39, 0.29) is 10.8 Å². The van der Waals surface area contributed by atoms with E-state index in [0.717, 1.165) is 22.8 Å². The Kier molecular flexibility index (Phi) is 2.60. The van der Waals surface area contributed by atoms with Crippen molar-refractivity contribution < 1.29 is 0 Å². The SMILES string of the molecule is CC(C)(C)C1=NCc2nc(C(C)(C)C)cnc21. The van der Waals surface area contributed by atoms with Crippen LogP contribution in [0.3, 0.4) is 0 Å². The Balaban J connectivity index is 2.43. The molecule has 2 heterocycles. The molecule has 0 radical (unpaired) electrons. The maximum Gasteiger partial charge on any atom is 0.108 e. The maximum absolute atomic E-state index is 4.71. The predicted octanol–water partition coefficient (Wildman–Crippen LogP) is 3.12. The lowest BCUT2D eigenvalue weighted by Gasteiger charge is -2.20. The van der Waals surface area contributed by atoms with Gasteiger partial charge in [-0.1, -0.05) is 41.5 Å². The first-order valence-electron chi connectivity index (χ1n) is 6.11. The number of hydrogen-bond donors (Lipinski definition) is 0. The fourth-order valence-corrected chi connectivity index (χ4v) is 1.92. The molecule has 1 aliphatic heterocycles. The van der Waals surface area contributed by atoms with Crippen LogP contribution in [0.15, 0.2) is 11.2 Å². The zero-order chi connectivity index (χ0) is 12.8. The Bertz CT molecular complexity index is 473. The third-order valence-electron chi connectivity index (χ3n) is 2.93. The third-order valence-corrected chi connectivity index (χ3v) is 2.93. The molecule has 1 aliphatic rings. The van der Waals surface area contributed by atoms with Crippen LogP contribution in [0.5, 0.6) is 0 Å². The molecule has 2 rings (SSSR count). The zero-order valence-corrected chi connectivity index (χ0v) is 11.6. The molecule has 17 heavy (non-hydrogen) atoms. The van der Waals surface area contributed by atoms with Crippen molar-refractivity contribution in [2.75, 3.05) is 0 Å². The normalized spacial score (nSPS) is 15.8. The molecular weight excluding hydrogens is 210 g/mol. The average molecular weight is 231 g/mol. The lowest BCUT2D eigenvalue weighted by atomic mass is 9.88. The number of aliphatic imine (C=N–C) groups is 1. The monoisotopic (exact) mass is 231 g/mol. The predicted molar refractivity (Wildman–Crippen MR) is 70.4 cm³/mol. The minimum absolute atomic E-state index is 0.0448. The molecule has 92 valence electrons. The van der Waals surface area contributed by atoms with Crippen LogP contribution in [-0.4, -0.2) is 15.7 Å². The molecule has 1 aromatic rings. The molecular formula is C14H21N3. The largest absolute Gasteiger partial charge is 0.280 e. The van der Waals surface area contributed by atoms with Gasteiger partial charge in [0.25, 0.3) is 0 Å². The minimum atomic E-state index is 0.0448. The van der Waals surface area contributed by atoms with Crippen molar-refractivity contribution in [3.63, 3.8) is 0 Å². The summed E-state index contributed by atoms with van der Waals surface area (Å²) in [4.78, 5) is 13.9. The summed E-state index contributed by atoms with van der Waals surface area (Å²) in [5, 5.41) is 0. The summed E-state index contributed by atoms with van der Waals surface area (Å²) in [5.41, 5.74) is 4.24. The van der Waals surface area contributed by atoms with Gasteiger partial charge in [-0.25, -0.2) is 0 Å². The second-order valence-electron chi connectivity index (χ2n) is 6.72. The van der Waals surface area contributed by atoms with Gasteiger partial charge in [0.15, 0.2) is 0 Å². The topological polar surface area (TPSA) is 38.1 Å². The molecule has 0 spiro atoms. The van der Waals surface area contributed by atoms with Crippen LogP contribution < -0.4 is 0 Å². The summed E-state index contributed by atoms with van der Waals surface area (Å²) in [6.07, 6.45) is 1.89. The lowest BCUT2D eigenvalue weighted by Crippen LogP contribution is -2.22. The molecule has 0 aromatic carbocycles. The van der Waals surface area contributed by atoms with E-state index in [1.54, 1.807) is 0 Å². The van der Waals surface area contributed by atoms with E-state index < -0.39 is 0 Å². The maximum atomic E-state index is 4.71. The first-order chi connectivity index (χ1) is 7.69.